The summed E-state index contributed by atoms with van der Waals surface area (Å²) in [7, 11) is 2.13. The lowest BCUT2D eigenvalue weighted by molar-refractivity contribution is 0.311. The van der Waals surface area contributed by atoms with E-state index in [4.69, 9.17) is 10.7 Å². The van der Waals surface area contributed by atoms with Gasteiger partial charge in [-0.2, -0.15) is 15.0 Å². The number of benzene rings is 1. The van der Waals surface area contributed by atoms with Gasteiger partial charge in [0.25, 0.3) is 0 Å². The Morgan fingerprint density at radius 3 is 2.46 bits per heavy atom. The zero-order chi connectivity index (χ0) is 19.5. The van der Waals surface area contributed by atoms with Gasteiger partial charge in [0.1, 0.15) is 5.84 Å². The van der Waals surface area contributed by atoms with Gasteiger partial charge in [-0.05, 0) is 61.6 Å². The van der Waals surface area contributed by atoms with Gasteiger partial charge in [-0.15, -0.1) is 0 Å². The Hall–Kier alpha value is -2.65. The molecule has 1 saturated heterocycles. The van der Waals surface area contributed by atoms with Gasteiger partial charge in [-0.25, -0.2) is 0 Å². The number of aliphatic imine (C=N–C) groups is 1. The molecule has 2 aromatic rings. The van der Waals surface area contributed by atoms with E-state index in [1.807, 2.05) is 30.3 Å². The fourth-order valence-corrected chi connectivity index (χ4v) is 3.70. The summed E-state index contributed by atoms with van der Waals surface area (Å²) in [5.74, 6) is 2.01. The number of likely N-dealkylation sites (N-methyl/N-ethyl adjacent to an activating group) is 1. The van der Waals surface area contributed by atoms with Gasteiger partial charge in [0.15, 0.2) is 5.16 Å². The lowest BCUT2D eigenvalue weighted by Gasteiger charge is -2.32. The number of aromatic nitrogens is 3. The van der Waals surface area contributed by atoms with E-state index in [0.717, 1.165) is 42.6 Å². The van der Waals surface area contributed by atoms with Crippen molar-refractivity contribution in [3.63, 3.8) is 0 Å². The van der Waals surface area contributed by atoms with Crippen LogP contribution in [0.1, 0.15) is 6.92 Å². The summed E-state index contributed by atoms with van der Waals surface area (Å²) in [6.45, 7) is 6.54. The van der Waals surface area contributed by atoms with Crippen LogP contribution in [0.3, 0.4) is 0 Å². The first-order valence-corrected chi connectivity index (χ1v) is 10.1. The first-order chi connectivity index (χ1) is 13.5. The second-order valence-electron chi connectivity index (χ2n) is 7.02. The summed E-state index contributed by atoms with van der Waals surface area (Å²) in [6, 6.07) is 7.70. The lowest BCUT2D eigenvalue weighted by Crippen LogP contribution is -2.45. The van der Waals surface area contributed by atoms with Crippen LogP contribution in [0, 0.1) is 0 Å². The first kappa shape index (κ1) is 18.7. The second kappa shape index (κ2) is 8.15. The molecule has 28 heavy (non-hydrogen) atoms. The highest BCUT2D eigenvalue weighted by Crippen LogP contribution is 2.27. The van der Waals surface area contributed by atoms with Gasteiger partial charge in [0.05, 0.1) is 6.54 Å². The molecule has 0 saturated carbocycles. The highest BCUT2D eigenvalue weighted by Gasteiger charge is 2.19. The predicted octanol–water partition coefficient (Wildman–Crippen LogP) is 2.13. The molecule has 0 bridgehead atoms. The molecule has 3 heterocycles. The van der Waals surface area contributed by atoms with E-state index in [0.29, 0.717) is 23.6 Å². The molecular weight excluding hydrogens is 372 g/mol. The lowest BCUT2D eigenvalue weighted by atomic mass is 10.3. The minimum Gasteiger partial charge on any atom is -0.399 e. The van der Waals surface area contributed by atoms with E-state index < -0.39 is 0 Å². The summed E-state index contributed by atoms with van der Waals surface area (Å²) in [4.78, 5) is 24.0. The Bertz CT molecular complexity index is 901. The van der Waals surface area contributed by atoms with Crippen molar-refractivity contribution < 1.29 is 0 Å². The molecule has 0 radical (unpaired) electrons. The summed E-state index contributed by atoms with van der Waals surface area (Å²) in [6.07, 6.45) is 2.02. The van der Waals surface area contributed by atoms with Gasteiger partial charge >= 0.3 is 0 Å². The van der Waals surface area contributed by atoms with Crippen molar-refractivity contribution in [1.82, 2.24) is 19.9 Å². The van der Waals surface area contributed by atoms with Crippen LogP contribution in [0.4, 0.5) is 17.6 Å². The molecule has 1 aromatic carbocycles. The molecule has 3 N–H and O–H groups in total. The summed E-state index contributed by atoms with van der Waals surface area (Å²) in [5, 5.41) is 3.88. The number of nitrogens with zero attached hydrogens (tertiary/aromatic N) is 6. The average molecular weight is 397 g/mol. The predicted molar refractivity (Wildman–Crippen MR) is 114 cm³/mol. The summed E-state index contributed by atoms with van der Waals surface area (Å²) < 4.78 is 0. The molecule has 4 rings (SSSR count). The molecule has 0 spiro atoms. The van der Waals surface area contributed by atoms with Crippen molar-refractivity contribution >= 4 is 35.2 Å². The molecule has 0 amide bonds. The molecule has 2 aliphatic heterocycles. The Kier molecular flexibility index (Phi) is 5.45. The van der Waals surface area contributed by atoms with Gasteiger partial charge in [0, 0.05) is 36.8 Å². The van der Waals surface area contributed by atoms with E-state index in [1.54, 1.807) is 0 Å². The maximum Gasteiger partial charge on any atom is 0.234 e. The topological polar surface area (TPSA) is 95.6 Å². The maximum absolute atomic E-state index is 5.79. The van der Waals surface area contributed by atoms with E-state index >= 15 is 0 Å². The Morgan fingerprint density at radius 1 is 1.04 bits per heavy atom. The fourth-order valence-electron chi connectivity index (χ4n) is 2.96. The molecule has 146 valence electrons. The molecule has 1 aromatic heterocycles. The first-order valence-electron chi connectivity index (χ1n) is 9.27. The smallest absolute Gasteiger partial charge is 0.234 e. The minimum atomic E-state index is 0.520. The minimum absolute atomic E-state index is 0.520. The van der Waals surface area contributed by atoms with Gasteiger partial charge in [-0.1, -0.05) is 0 Å². The largest absolute Gasteiger partial charge is 0.399 e. The quantitative estimate of drug-likeness (QED) is 0.759. The van der Waals surface area contributed by atoms with Crippen molar-refractivity contribution in [3.8, 4) is 0 Å². The van der Waals surface area contributed by atoms with Crippen molar-refractivity contribution in [2.75, 3.05) is 55.7 Å². The van der Waals surface area contributed by atoms with Crippen LogP contribution in [0.2, 0.25) is 0 Å². The normalized spacial score (nSPS) is 17.4. The molecule has 2 aliphatic rings. The Morgan fingerprint density at radius 2 is 1.79 bits per heavy atom. The molecular formula is C19H24N8S. The van der Waals surface area contributed by atoms with E-state index in [2.05, 4.69) is 44.0 Å². The number of amidine groups is 1. The van der Waals surface area contributed by atoms with Crippen LogP contribution in [0.15, 0.2) is 51.0 Å². The molecule has 0 aliphatic carbocycles. The maximum atomic E-state index is 5.79. The number of anilines is 3. The fraction of sp³-hybridized carbons (Fsp3) is 0.368. The molecule has 1 fully saturated rings. The highest BCUT2D eigenvalue weighted by atomic mass is 32.2. The average Bonchev–Trinajstić information content (AvgIpc) is 3.09. The van der Waals surface area contributed by atoms with Crippen molar-refractivity contribution in [2.45, 2.75) is 17.0 Å². The molecule has 0 unspecified atom stereocenters. The van der Waals surface area contributed by atoms with Gasteiger partial charge < -0.3 is 20.9 Å². The van der Waals surface area contributed by atoms with Crippen LogP contribution in [0.25, 0.3) is 0 Å². The van der Waals surface area contributed by atoms with Gasteiger partial charge in [0.2, 0.25) is 11.9 Å². The zero-order valence-electron chi connectivity index (χ0n) is 16.1. The number of hydrogen-bond acceptors (Lipinski definition) is 9. The van der Waals surface area contributed by atoms with Crippen molar-refractivity contribution in [3.05, 3.63) is 35.9 Å². The van der Waals surface area contributed by atoms with E-state index in [9.17, 15) is 0 Å². The second-order valence-corrected chi connectivity index (χ2v) is 8.06. The Balaban J connectivity index is 1.61. The molecule has 8 nitrogen and oxygen atoms in total. The van der Waals surface area contributed by atoms with E-state index in [1.165, 1.54) is 17.3 Å². The molecule has 9 heteroatoms. The Labute approximate surface area is 169 Å². The third-order valence-corrected chi connectivity index (χ3v) is 5.47. The van der Waals surface area contributed by atoms with Crippen LogP contribution in [0.5, 0.6) is 0 Å². The number of hydrogen-bond donors (Lipinski definition) is 2. The van der Waals surface area contributed by atoms with Crippen molar-refractivity contribution in [2.24, 2.45) is 4.99 Å². The zero-order valence-corrected chi connectivity index (χ0v) is 16.9. The van der Waals surface area contributed by atoms with E-state index in [-0.39, 0.29) is 0 Å². The monoisotopic (exact) mass is 396 g/mol. The number of nitrogen functional groups attached to an aromatic ring is 1. The van der Waals surface area contributed by atoms with Crippen LogP contribution in [-0.2, 0) is 0 Å². The third kappa shape index (κ3) is 4.60. The number of rotatable bonds is 4. The summed E-state index contributed by atoms with van der Waals surface area (Å²) >= 11 is 1.50. The number of piperazine rings is 1. The molecule has 0 atom stereocenters. The van der Waals surface area contributed by atoms with Crippen LogP contribution < -0.4 is 16.0 Å². The number of nitrogens with two attached hydrogens (primary N) is 1. The van der Waals surface area contributed by atoms with Crippen molar-refractivity contribution in [1.29, 1.82) is 0 Å². The van der Waals surface area contributed by atoms with Crippen LogP contribution >= 0.6 is 11.8 Å². The highest BCUT2D eigenvalue weighted by molar-refractivity contribution is 7.99. The standard InChI is InChI=1S/C19H24N8S/c1-13-11-16(21-12-13)22-17-23-18(27-9-7-26(2)8-10-27)25-19(24-17)28-15-5-3-14(20)4-6-15/h3-6,11H,7-10,12,20H2,1-2H3,(H,21,22,23,24,25). The number of nitrogens with one attached hydrogen (secondary N) is 1. The SMILES string of the molecule is CC1=CC(Nc2nc(Sc3ccc(N)cc3)nc(N3CCN(C)CC3)n2)=NC1. The van der Waals surface area contributed by atoms with Gasteiger partial charge in [-0.3, -0.25) is 4.99 Å². The van der Waals surface area contributed by atoms with Crippen LogP contribution in [-0.4, -0.2) is 65.5 Å². The third-order valence-electron chi connectivity index (χ3n) is 4.60. The summed E-state index contributed by atoms with van der Waals surface area (Å²) in [5.41, 5.74) is 7.74.